The van der Waals surface area contributed by atoms with E-state index < -0.39 is 0 Å². The van der Waals surface area contributed by atoms with Crippen LogP contribution in [-0.4, -0.2) is 9.13 Å². The second-order valence-electron chi connectivity index (χ2n) is 16.1. The summed E-state index contributed by atoms with van der Waals surface area (Å²) < 4.78 is 4.82. The van der Waals surface area contributed by atoms with Crippen molar-refractivity contribution in [1.29, 1.82) is 0 Å². The van der Waals surface area contributed by atoms with Crippen molar-refractivity contribution < 1.29 is 0 Å². The lowest BCUT2D eigenvalue weighted by Crippen LogP contribution is -2.09. The van der Waals surface area contributed by atoms with E-state index in [0.717, 1.165) is 17.1 Å². The molecular weight excluding hydrogens is 763 g/mol. The van der Waals surface area contributed by atoms with Crippen molar-refractivity contribution in [3.63, 3.8) is 0 Å². The Morgan fingerprint density at radius 2 is 0.508 bits per heavy atom. The highest BCUT2D eigenvalue weighted by molar-refractivity contribution is 6.11. The Kier molecular flexibility index (Phi) is 8.83. The minimum Gasteiger partial charge on any atom is -0.311 e. The van der Waals surface area contributed by atoms with Crippen LogP contribution in [-0.2, 0) is 0 Å². The summed E-state index contributed by atoms with van der Waals surface area (Å²) in [7, 11) is 0. The van der Waals surface area contributed by atoms with Gasteiger partial charge in [-0.25, -0.2) is 0 Å². The number of hydrogen-bond acceptors (Lipinski definition) is 1. The maximum Gasteiger partial charge on any atom is 0.0541 e. The molecule has 0 amide bonds. The van der Waals surface area contributed by atoms with Crippen LogP contribution in [0.3, 0.4) is 0 Å². The Morgan fingerprint density at radius 3 is 0.921 bits per heavy atom. The molecule has 12 aromatic rings. The van der Waals surface area contributed by atoms with Crippen molar-refractivity contribution >= 4 is 60.7 Å². The van der Waals surface area contributed by atoms with Crippen LogP contribution in [0.1, 0.15) is 0 Å². The number of aromatic nitrogens is 2. The van der Waals surface area contributed by atoms with E-state index in [4.69, 9.17) is 0 Å². The van der Waals surface area contributed by atoms with Crippen LogP contribution < -0.4 is 4.90 Å². The van der Waals surface area contributed by atoms with E-state index in [-0.39, 0.29) is 0 Å². The highest BCUT2D eigenvalue weighted by Crippen LogP contribution is 2.41. The molecule has 0 spiro atoms. The third-order valence-electron chi connectivity index (χ3n) is 12.6. The predicted molar refractivity (Wildman–Crippen MR) is 266 cm³/mol. The first-order valence-corrected chi connectivity index (χ1v) is 21.6. The molecule has 0 unspecified atom stereocenters. The second kappa shape index (κ2) is 15.3. The summed E-state index contributed by atoms with van der Waals surface area (Å²) >= 11 is 0. The molecule has 3 heteroatoms. The molecule has 2 aromatic heterocycles. The Morgan fingerprint density at radius 1 is 0.222 bits per heavy atom. The number of fused-ring (bicyclic) bond motifs is 6. The van der Waals surface area contributed by atoms with Crippen molar-refractivity contribution in [2.24, 2.45) is 0 Å². The molecule has 0 fully saturated rings. The second-order valence-corrected chi connectivity index (χ2v) is 16.1. The first-order chi connectivity index (χ1) is 31.3. The van der Waals surface area contributed by atoms with E-state index >= 15 is 0 Å². The van der Waals surface area contributed by atoms with Crippen LogP contribution in [0.15, 0.2) is 249 Å². The first kappa shape index (κ1) is 36.5. The monoisotopic (exact) mass is 803 g/mol. The van der Waals surface area contributed by atoms with Gasteiger partial charge in [0, 0.05) is 49.7 Å². The smallest absolute Gasteiger partial charge is 0.0541 e. The summed E-state index contributed by atoms with van der Waals surface area (Å²) in [5.41, 5.74) is 17.6. The summed E-state index contributed by atoms with van der Waals surface area (Å²) in [6.45, 7) is 0. The fourth-order valence-corrected chi connectivity index (χ4v) is 9.65. The number of anilines is 3. The van der Waals surface area contributed by atoms with Crippen molar-refractivity contribution in [3.8, 4) is 44.8 Å². The van der Waals surface area contributed by atoms with Gasteiger partial charge in [0.15, 0.2) is 0 Å². The molecule has 10 aromatic carbocycles. The van der Waals surface area contributed by atoms with Crippen LogP contribution in [0.25, 0.3) is 88.4 Å². The number of para-hydroxylation sites is 7. The summed E-state index contributed by atoms with van der Waals surface area (Å²) in [4.78, 5) is 2.33. The van der Waals surface area contributed by atoms with Crippen LogP contribution in [0.4, 0.5) is 17.1 Å². The molecule has 2 heterocycles. The molecule has 0 aliphatic rings. The van der Waals surface area contributed by atoms with Gasteiger partial charge >= 0.3 is 0 Å². The fourth-order valence-electron chi connectivity index (χ4n) is 9.65. The number of benzene rings is 10. The van der Waals surface area contributed by atoms with Crippen molar-refractivity contribution in [3.05, 3.63) is 249 Å². The lowest BCUT2D eigenvalue weighted by molar-refractivity contribution is 1.18. The van der Waals surface area contributed by atoms with Crippen LogP contribution in [0, 0.1) is 0 Å². The molecular formula is C60H41N3. The van der Waals surface area contributed by atoms with E-state index in [0.29, 0.717) is 0 Å². The molecule has 0 radical (unpaired) electrons. The summed E-state index contributed by atoms with van der Waals surface area (Å²) in [5.74, 6) is 0. The summed E-state index contributed by atoms with van der Waals surface area (Å²) in [6, 6.07) is 89.9. The molecule has 0 saturated carbocycles. The van der Waals surface area contributed by atoms with Crippen molar-refractivity contribution in [2.75, 3.05) is 4.90 Å². The Balaban J connectivity index is 0.866. The van der Waals surface area contributed by atoms with Gasteiger partial charge in [-0.3, -0.25) is 0 Å². The SMILES string of the molecule is c1ccc(N(c2ccc(-c3ccc(-c4ccccc4-n4c5ccccc5c5ccccc54)cc3)cc2)c2ccc(-c3ccccc3-n3c4ccccc4c4ccccc43)cc2)cc1. The number of rotatable bonds is 8. The first-order valence-electron chi connectivity index (χ1n) is 21.6. The van der Waals surface area contributed by atoms with Gasteiger partial charge in [-0.2, -0.15) is 0 Å². The quantitative estimate of drug-likeness (QED) is 0.149. The van der Waals surface area contributed by atoms with E-state index in [9.17, 15) is 0 Å². The molecule has 0 N–H and O–H groups in total. The maximum atomic E-state index is 2.41. The largest absolute Gasteiger partial charge is 0.311 e. The van der Waals surface area contributed by atoms with Gasteiger partial charge in [0.1, 0.15) is 0 Å². The zero-order valence-corrected chi connectivity index (χ0v) is 34.5. The molecule has 0 atom stereocenters. The third kappa shape index (κ3) is 6.21. The normalized spacial score (nSPS) is 11.5. The third-order valence-corrected chi connectivity index (χ3v) is 12.6. The molecule has 63 heavy (non-hydrogen) atoms. The topological polar surface area (TPSA) is 13.1 Å². The van der Waals surface area contributed by atoms with E-state index in [1.165, 1.54) is 88.4 Å². The van der Waals surface area contributed by atoms with Gasteiger partial charge in [-0.05, 0) is 95.1 Å². The van der Waals surface area contributed by atoms with E-state index in [2.05, 4.69) is 263 Å². The lowest BCUT2D eigenvalue weighted by atomic mass is 9.98. The van der Waals surface area contributed by atoms with Crippen molar-refractivity contribution in [2.45, 2.75) is 0 Å². The Hall–Kier alpha value is -8.40. The molecule has 12 rings (SSSR count). The average molecular weight is 804 g/mol. The lowest BCUT2D eigenvalue weighted by Gasteiger charge is -2.26. The highest BCUT2D eigenvalue weighted by atomic mass is 15.1. The van der Waals surface area contributed by atoms with Crippen LogP contribution >= 0.6 is 0 Å². The minimum atomic E-state index is 1.10. The van der Waals surface area contributed by atoms with Crippen LogP contribution in [0.5, 0.6) is 0 Å². The fraction of sp³-hybridized carbons (Fsp3) is 0. The van der Waals surface area contributed by atoms with E-state index in [1.807, 2.05) is 0 Å². The molecule has 296 valence electrons. The summed E-state index contributed by atoms with van der Waals surface area (Å²) in [6.07, 6.45) is 0. The maximum absolute atomic E-state index is 2.41. The average Bonchev–Trinajstić information content (AvgIpc) is 3.88. The summed E-state index contributed by atoms with van der Waals surface area (Å²) in [5, 5.41) is 5.05. The number of hydrogen-bond donors (Lipinski definition) is 0. The molecule has 0 aliphatic heterocycles. The molecule has 0 aliphatic carbocycles. The minimum absolute atomic E-state index is 1.10. The Bertz CT molecular complexity index is 3490. The molecule has 0 saturated heterocycles. The predicted octanol–water partition coefficient (Wildman–Crippen LogP) is 16.4. The zero-order chi connectivity index (χ0) is 41.7. The van der Waals surface area contributed by atoms with Gasteiger partial charge in [0.25, 0.3) is 0 Å². The van der Waals surface area contributed by atoms with Gasteiger partial charge in [0.05, 0.1) is 33.4 Å². The van der Waals surface area contributed by atoms with Crippen molar-refractivity contribution in [1.82, 2.24) is 9.13 Å². The van der Waals surface area contributed by atoms with Gasteiger partial charge in [0.2, 0.25) is 0 Å². The zero-order valence-electron chi connectivity index (χ0n) is 34.5. The van der Waals surface area contributed by atoms with Gasteiger partial charge in [-0.1, -0.05) is 176 Å². The number of nitrogens with zero attached hydrogens (tertiary/aromatic N) is 3. The van der Waals surface area contributed by atoms with Gasteiger partial charge in [-0.15, -0.1) is 0 Å². The van der Waals surface area contributed by atoms with E-state index in [1.54, 1.807) is 0 Å². The van der Waals surface area contributed by atoms with Crippen LogP contribution in [0.2, 0.25) is 0 Å². The Labute approximate surface area is 366 Å². The highest BCUT2D eigenvalue weighted by Gasteiger charge is 2.18. The molecule has 0 bridgehead atoms. The van der Waals surface area contributed by atoms with Gasteiger partial charge < -0.3 is 14.0 Å². The molecule has 3 nitrogen and oxygen atoms in total. The standard InChI is InChI=1S/C60H41N3/c1-2-16-46(17-3-1)61(48-40-36-45(37-41-48)50-19-5-11-25-56(50)63-59-28-14-8-22-53(59)54-23-9-15-29-60(54)63)47-38-34-43(35-39-47)42-30-32-44(33-31-42)49-18-4-10-24-55(49)62-57-26-12-6-20-51(57)52-21-7-13-27-58(52)62/h1-41H.